The maximum Gasteiger partial charge on any atom is 0.0538 e. The molecule has 96 valence electrons. The summed E-state index contributed by atoms with van der Waals surface area (Å²) in [6, 6.07) is 10.6. The van der Waals surface area contributed by atoms with E-state index in [1.165, 1.54) is 5.56 Å². The zero-order valence-corrected chi connectivity index (χ0v) is 11.1. The zero-order chi connectivity index (χ0) is 12.5. The molecule has 17 heavy (non-hydrogen) atoms. The lowest BCUT2D eigenvalue weighted by atomic mass is 10.1. The second-order valence-corrected chi connectivity index (χ2v) is 4.74. The quantitative estimate of drug-likeness (QED) is 0.749. The second-order valence-electron chi connectivity index (χ2n) is 4.74. The van der Waals surface area contributed by atoms with Gasteiger partial charge in [0.2, 0.25) is 0 Å². The Morgan fingerprint density at radius 3 is 2.53 bits per heavy atom. The average Bonchev–Trinajstić information content (AvgIpc) is 2.37. The molecule has 2 heteroatoms. The SMILES string of the molecule is CCC(O)CCCN(C)CCc1ccccc1. The largest absolute Gasteiger partial charge is 0.393 e. The van der Waals surface area contributed by atoms with E-state index in [9.17, 15) is 5.11 Å². The predicted octanol–water partition coefficient (Wildman–Crippen LogP) is 2.71. The number of nitrogens with zero attached hydrogens (tertiary/aromatic N) is 1. The van der Waals surface area contributed by atoms with Crippen molar-refractivity contribution in [2.45, 2.75) is 38.7 Å². The molecule has 1 atom stereocenters. The van der Waals surface area contributed by atoms with Crippen molar-refractivity contribution in [1.29, 1.82) is 0 Å². The fourth-order valence-corrected chi connectivity index (χ4v) is 1.88. The van der Waals surface area contributed by atoms with Gasteiger partial charge in [0.05, 0.1) is 6.10 Å². The van der Waals surface area contributed by atoms with Crippen molar-refractivity contribution in [3.8, 4) is 0 Å². The standard InChI is InChI=1S/C15H25NO/c1-3-15(17)10-7-12-16(2)13-11-14-8-5-4-6-9-14/h4-6,8-9,15,17H,3,7,10-13H2,1-2H3. The van der Waals surface area contributed by atoms with Crippen molar-refractivity contribution < 1.29 is 5.11 Å². The molecule has 0 aliphatic rings. The first kappa shape index (κ1) is 14.2. The van der Waals surface area contributed by atoms with Gasteiger partial charge in [-0.05, 0) is 44.8 Å². The molecule has 0 saturated carbocycles. The van der Waals surface area contributed by atoms with E-state index >= 15 is 0 Å². The first-order chi connectivity index (χ1) is 8.22. The molecule has 0 saturated heterocycles. The van der Waals surface area contributed by atoms with Crippen molar-refractivity contribution in [2.24, 2.45) is 0 Å². The van der Waals surface area contributed by atoms with Gasteiger partial charge in [-0.1, -0.05) is 37.3 Å². The van der Waals surface area contributed by atoms with Gasteiger partial charge < -0.3 is 10.0 Å². The Morgan fingerprint density at radius 2 is 1.88 bits per heavy atom. The Balaban J connectivity index is 2.11. The molecule has 0 bridgehead atoms. The summed E-state index contributed by atoms with van der Waals surface area (Å²) >= 11 is 0. The van der Waals surface area contributed by atoms with E-state index in [-0.39, 0.29) is 6.10 Å². The smallest absolute Gasteiger partial charge is 0.0538 e. The van der Waals surface area contributed by atoms with Gasteiger partial charge in [0.15, 0.2) is 0 Å². The van der Waals surface area contributed by atoms with Gasteiger partial charge in [0.1, 0.15) is 0 Å². The van der Waals surface area contributed by atoms with Crippen molar-refractivity contribution in [1.82, 2.24) is 4.90 Å². The molecule has 1 rings (SSSR count). The normalized spacial score (nSPS) is 12.9. The Labute approximate surface area is 105 Å². The van der Waals surface area contributed by atoms with Crippen LogP contribution in [0.15, 0.2) is 30.3 Å². The average molecular weight is 235 g/mol. The van der Waals surface area contributed by atoms with Crippen LogP contribution in [0, 0.1) is 0 Å². The molecule has 0 spiro atoms. The second kappa shape index (κ2) is 8.26. The monoisotopic (exact) mass is 235 g/mol. The molecule has 0 aliphatic heterocycles. The van der Waals surface area contributed by atoms with Gasteiger partial charge in [0.25, 0.3) is 0 Å². The van der Waals surface area contributed by atoms with Crippen LogP contribution in [0.5, 0.6) is 0 Å². The molecule has 1 N–H and O–H groups in total. The van der Waals surface area contributed by atoms with Gasteiger partial charge in [-0.25, -0.2) is 0 Å². The number of aliphatic hydroxyl groups is 1. The van der Waals surface area contributed by atoms with E-state index in [1.807, 2.05) is 6.92 Å². The maximum absolute atomic E-state index is 9.46. The molecular formula is C15H25NO. The van der Waals surface area contributed by atoms with Crippen LogP contribution in [0.4, 0.5) is 0 Å². The summed E-state index contributed by atoms with van der Waals surface area (Å²) in [6.07, 6.45) is 3.87. The first-order valence-electron chi connectivity index (χ1n) is 6.63. The minimum Gasteiger partial charge on any atom is -0.393 e. The Bertz CT molecular complexity index is 286. The molecule has 2 nitrogen and oxygen atoms in total. The Hall–Kier alpha value is -0.860. The molecule has 1 aromatic rings. The van der Waals surface area contributed by atoms with E-state index in [1.54, 1.807) is 0 Å². The first-order valence-corrected chi connectivity index (χ1v) is 6.63. The summed E-state index contributed by atoms with van der Waals surface area (Å²) < 4.78 is 0. The third-order valence-electron chi connectivity index (χ3n) is 3.17. The van der Waals surface area contributed by atoms with Crippen LogP contribution in [0.25, 0.3) is 0 Å². The van der Waals surface area contributed by atoms with Gasteiger partial charge in [-0.2, -0.15) is 0 Å². The predicted molar refractivity (Wildman–Crippen MR) is 73.2 cm³/mol. The summed E-state index contributed by atoms with van der Waals surface area (Å²) in [7, 11) is 2.15. The Kier molecular flexibility index (Phi) is 6.90. The van der Waals surface area contributed by atoms with E-state index in [0.717, 1.165) is 38.8 Å². The van der Waals surface area contributed by atoms with Gasteiger partial charge in [-0.3, -0.25) is 0 Å². The minimum absolute atomic E-state index is 0.113. The number of hydrogen-bond donors (Lipinski definition) is 1. The highest BCUT2D eigenvalue weighted by Crippen LogP contribution is 2.04. The molecule has 0 heterocycles. The number of rotatable bonds is 8. The minimum atomic E-state index is -0.113. The molecular weight excluding hydrogens is 210 g/mol. The third-order valence-corrected chi connectivity index (χ3v) is 3.17. The van der Waals surface area contributed by atoms with Crippen molar-refractivity contribution >= 4 is 0 Å². The molecule has 0 fully saturated rings. The van der Waals surface area contributed by atoms with Crippen LogP contribution in [-0.2, 0) is 6.42 Å². The number of hydrogen-bond acceptors (Lipinski definition) is 2. The van der Waals surface area contributed by atoms with E-state index in [4.69, 9.17) is 0 Å². The van der Waals surface area contributed by atoms with Gasteiger partial charge in [-0.15, -0.1) is 0 Å². The lowest BCUT2D eigenvalue weighted by molar-refractivity contribution is 0.152. The molecule has 1 aromatic carbocycles. The van der Waals surface area contributed by atoms with Crippen molar-refractivity contribution in [3.63, 3.8) is 0 Å². The molecule has 0 radical (unpaired) electrons. The fraction of sp³-hybridized carbons (Fsp3) is 0.600. The van der Waals surface area contributed by atoms with E-state index < -0.39 is 0 Å². The number of aliphatic hydroxyl groups excluding tert-OH is 1. The van der Waals surface area contributed by atoms with Crippen LogP contribution >= 0.6 is 0 Å². The summed E-state index contributed by atoms with van der Waals surface area (Å²) in [5.74, 6) is 0. The number of likely N-dealkylation sites (N-methyl/N-ethyl adjacent to an activating group) is 1. The summed E-state index contributed by atoms with van der Waals surface area (Å²) in [5.41, 5.74) is 1.40. The van der Waals surface area contributed by atoms with Crippen LogP contribution < -0.4 is 0 Å². The van der Waals surface area contributed by atoms with E-state index in [2.05, 4.69) is 42.3 Å². The maximum atomic E-state index is 9.46. The van der Waals surface area contributed by atoms with Crippen LogP contribution in [-0.4, -0.2) is 36.2 Å². The van der Waals surface area contributed by atoms with Crippen molar-refractivity contribution in [3.05, 3.63) is 35.9 Å². The van der Waals surface area contributed by atoms with Gasteiger partial charge >= 0.3 is 0 Å². The highest BCUT2D eigenvalue weighted by molar-refractivity contribution is 5.14. The third kappa shape index (κ3) is 6.44. The van der Waals surface area contributed by atoms with Gasteiger partial charge in [0, 0.05) is 6.54 Å². The van der Waals surface area contributed by atoms with Crippen LogP contribution in [0.2, 0.25) is 0 Å². The highest BCUT2D eigenvalue weighted by atomic mass is 16.3. The van der Waals surface area contributed by atoms with Crippen molar-refractivity contribution in [2.75, 3.05) is 20.1 Å². The Morgan fingerprint density at radius 1 is 1.18 bits per heavy atom. The molecule has 1 unspecified atom stereocenters. The zero-order valence-electron chi connectivity index (χ0n) is 11.1. The summed E-state index contributed by atoms with van der Waals surface area (Å²) in [5, 5.41) is 9.46. The highest BCUT2D eigenvalue weighted by Gasteiger charge is 2.03. The van der Waals surface area contributed by atoms with Crippen LogP contribution in [0.3, 0.4) is 0 Å². The lowest BCUT2D eigenvalue weighted by Gasteiger charge is -2.17. The number of benzene rings is 1. The molecule has 0 aromatic heterocycles. The molecule has 0 amide bonds. The van der Waals surface area contributed by atoms with E-state index in [0.29, 0.717) is 0 Å². The topological polar surface area (TPSA) is 23.5 Å². The lowest BCUT2D eigenvalue weighted by Crippen LogP contribution is -2.23. The summed E-state index contributed by atoms with van der Waals surface area (Å²) in [4.78, 5) is 2.34. The fourth-order valence-electron chi connectivity index (χ4n) is 1.88. The van der Waals surface area contributed by atoms with Crippen LogP contribution in [0.1, 0.15) is 31.7 Å². The summed E-state index contributed by atoms with van der Waals surface area (Å²) in [6.45, 7) is 4.19. The molecule has 0 aliphatic carbocycles.